The van der Waals surface area contributed by atoms with Crippen LogP contribution >= 0.6 is 0 Å². The van der Waals surface area contributed by atoms with E-state index in [9.17, 15) is 4.79 Å². The zero-order chi connectivity index (χ0) is 11.7. The summed E-state index contributed by atoms with van der Waals surface area (Å²) in [5.41, 5.74) is 2.90. The van der Waals surface area contributed by atoms with Gasteiger partial charge in [-0.2, -0.15) is 0 Å². The Hall–Kier alpha value is -2.36. The van der Waals surface area contributed by atoms with E-state index in [4.69, 9.17) is 0 Å². The quantitative estimate of drug-likeness (QED) is 0.720. The maximum absolute atomic E-state index is 11.7. The molecule has 3 aromatic rings. The van der Waals surface area contributed by atoms with Crippen molar-refractivity contribution in [3.63, 3.8) is 0 Å². The number of rotatable bonds is 2. The lowest BCUT2D eigenvalue weighted by Crippen LogP contribution is -2.08. The molecule has 4 nitrogen and oxygen atoms in total. The van der Waals surface area contributed by atoms with Crippen LogP contribution in [-0.2, 0) is 6.42 Å². The van der Waals surface area contributed by atoms with Gasteiger partial charge in [0.25, 0.3) is 0 Å². The fourth-order valence-electron chi connectivity index (χ4n) is 1.96. The van der Waals surface area contributed by atoms with Crippen LogP contribution in [0.3, 0.4) is 0 Å². The summed E-state index contributed by atoms with van der Waals surface area (Å²) in [4.78, 5) is 18.6. The minimum absolute atomic E-state index is 0.0929. The van der Waals surface area contributed by atoms with Gasteiger partial charge in [0.2, 0.25) is 0 Å². The molecule has 0 atom stereocenters. The van der Waals surface area contributed by atoms with Crippen LogP contribution in [0.25, 0.3) is 5.52 Å². The van der Waals surface area contributed by atoms with Crippen molar-refractivity contribution in [2.24, 2.45) is 0 Å². The van der Waals surface area contributed by atoms with Crippen molar-refractivity contribution in [2.45, 2.75) is 6.42 Å². The van der Waals surface area contributed by atoms with E-state index in [2.05, 4.69) is 9.97 Å². The monoisotopic (exact) mass is 225 g/mol. The van der Waals surface area contributed by atoms with Crippen molar-refractivity contribution in [1.82, 2.24) is 14.4 Å². The first-order valence-electron chi connectivity index (χ1n) is 5.42. The molecule has 0 fully saturated rings. The Bertz CT molecular complexity index is 697. The number of aromatic amines is 1. The first-order valence-corrected chi connectivity index (χ1v) is 5.42. The number of fused-ring (bicyclic) bond motifs is 1. The summed E-state index contributed by atoms with van der Waals surface area (Å²) in [7, 11) is 0. The summed E-state index contributed by atoms with van der Waals surface area (Å²) in [5, 5.41) is 0. The fraction of sp³-hybridized carbons (Fsp3) is 0.0769. The van der Waals surface area contributed by atoms with Gasteiger partial charge in [0.05, 0.1) is 5.52 Å². The lowest BCUT2D eigenvalue weighted by atomic mass is 10.1. The van der Waals surface area contributed by atoms with Crippen LogP contribution in [0.15, 0.2) is 53.7 Å². The lowest BCUT2D eigenvalue weighted by Gasteiger charge is -1.99. The molecular formula is C13H11N3O. The van der Waals surface area contributed by atoms with Gasteiger partial charge in [-0.1, -0.05) is 6.07 Å². The van der Waals surface area contributed by atoms with Gasteiger partial charge in [-0.05, 0) is 29.8 Å². The van der Waals surface area contributed by atoms with E-state index < -0.39 is 0 Å². The van der Waals surface area contributed by atoms with Crippen LogP contribution in [0.5, 0.6) is 0 Å². The van der Waals surface area contributed by atoms with Crippen molar-refractivity contribution in [2.75, 3.05) is 0 Å². The van der Waals surface area contributed by atoms with Gasteiger partial charge in [0.15, 0.2) is 0 Å². The van der Waals surface area contributed by atoms with E-state index in [-0.39, 0.29) is 5.69 Å². The number of imidazole rings is 1. The van der Waals surface area contributed by atoms with Crippen molar-refractivity contribution >= 4 is 5.52 Å². The van der Waals surface area contributed by atoms with E-state index in [1.54, 1.807) is 23.0 Å². The highest BCUT2D eigenvalue weighted by Crippen LogP contribution is 2.11. The third-order valence-electron chi connectivity index (χ3n) is 2.78. The number of aromatic nitrogens is 3. The minimum Gasteiger partial charge on any atom is -0.309 e. The van der Waals surface area contributed by atoms with Crippen molar-refractivity contribution in [1.29, 1.82) is 0 Å². The number of hydrogen-bond donors (Lipinski definition) is 1. The zero-order valence-electron chi connectivity index (χ0n) is 9.13. The predicted octanol–water partition coefficient (Wildman–Crippen LogP) is 1.61. The van der Waals surface area contributed by atoms with Gasteiger partial charge < -0.3 is 4.98 Å². The fourth-order valence-corrected chi connectivity index (χ4v) is 1.96. The largest absolute Gasteiger partial charge is 0.330 e. The lowest BCUT2D eigenvalue weighted by molar-refractivity contribution is 1.04. The van der Waals surface area contributed by atoms with E-state index in [0.29, 0.717) is 6.42 Å². The van der Waals surface area contributed by atoms with Gasteiger partial charge in [-0.15, -0.1) is 0 Å². The molecule has 3 heterocycles. The highest BCUT2D eigenvalue weighted by Gasteiger charge is 2.06. The van der Waals surface area contributed by atoms with Gasteiger partial charge in [-0.25, -0.2) is 4.79 Å². The summed E-state index contributed by atoms with van der Waals surface area (Å²) in [5.74, 6) is 0. The Morgan fingerprint density at radius 3 is 2.82 bits per heavy atom. The second-order valence-electron chi connectivity index (χ2n) is 3.90. The molecule has 0 saturated heterocycles. The smallest absolute Gasteiger partial charge is 0.309 e. The summed E-state index contributed by atoms with van der Waals surface area (Å²) < 4.78 is 1.62. The Morgan fingerprint density at radius 1 is 1.18 bits per heavy atom. The molecule has 1 N–H and O–H groups in total. The molecule has 0 unspecified atom stereocenters. The standard InChI is InChI=1S/C13H11N3O/c17-13-15-11(9-10-4-6-14-7-5-10)12-3-1-2-8-16(12)13/h1-8H,9H2,(H,15,17). The van der Waals surface area contributed by atoms with Crippen molar-refractivity contribution in [3.05, 3.63) is 70.7 Å². The molecule has 17 heavy (non-hydrogen) atoms. The van der Waals surface area contributed by atoms with Crippen LogP contribution in [0, 0.1) is 0 Å². The van der Waals surface area contributed by atoms with Crippen molar-refractivity contribution in [3.8, 4) is 0 Å². The van der Waals surface area contributed by atoms with E-state index in [0.717, 1.165) is 16.8 Å². The molecule has 0 bridgehead atoms. The molecule has 3 rings (SSSR count). The average molecular weight is 225 g/mol. The molecule has 0 radical (unpaired) electrons. The average Bonchev–Trinajstić information content (AvgIpc) is 2.69. The highest BCUT2D eigenvalue weighted by molar-refractivity contribution is 5.53. The molecule has 0 aromatic carbocycles. The molecule has 0 saturated carbocycles. The summed E-state index contributed by atoms with van der Waals surface area (Å²) in [6.45, 7) is 0. The molecule has 4 heteroatoms. The zero-order valence-corrected chi connectivity index (χ0v) is 9.13. The Morgan fingerprint density at radius 2 is 2.00 bits per heavy atom. The predicted molar refractivity (Wildman–Crippen MR) is 65.1 cm³/mol. The molecule has 0 amide bonds. The molecule has 0 spiro atoms. The normalized spacial score (nSPS) is 10.8. The summed E-state index contributed by atoms with van der Waals surface area (Å²) in [6.07, 6.45) is 5.99. The van der Waals surface area contributed by atoms with E-state index in [1.807, 2.05) is 30.3 Å². The maximum Gasteiger partial charge on any atom is 0.330 e. The number of pyridine rings is 2. The molecule has 84 valence electrons. The highest BCUT2D eigenvalue weighted by atomic mass is 16.1. The Kier molecular flexibility index (Phi) is 2.26. The summed E-state index contributed by atoms with van der Waals surface area (Å²) >= 11 is 0. The third-order valence-corrected chi connectivity index (χ3v) is 2.78. The Balaban J connectivity index is 2.10. The number of nitrogens with one attached hydrogen (secondary N) is 1. The number of hydrogen-bond acceptors (Lipinski definition) is 2. The van der Waals surface area contributed by atoms with E-state index in [1.165, 1.54) is 0 Å². The van der Waals surface area contributed by atoms with Crippen LogP contribution in [0.1, 0.15) is 11.3 Å². The van der Waals surface area contributed by atoms with Gasteiger partial charge in [-0.3, -0.25) is 9.38 Å². The topological polar surface area (TPSA) is 50.2 Å². The minimum atomic E-state index is -0.0929. The van der Waals surface area contributed by atoms with Crippen LogP contribution < -0.4 is 5.69 Å². The number of H-pyrrole nitrogens is 1. The van der Waals surface area contributed by atoms with Crippen LogP contribution in [0.2, 0.25) is 0 Å². The van der Waals surface area contributed by atoms with Crippen LogP contribution in [-0.4, -0.2) is 14.4 Å². The number of nitrogens with zero attached hydrogens (tertiary/aromatic N) is 2. The Labute approximate surface area is 97.6 Å². The molecular weight excluding hydrogens is 214 g/mol. The summed E-state index contributed by atoms with van der Waals surface area (Å²) in [6, 6.07) is 9.61. The SMILES string of the molecule is O=c1[nH]c(Cc2ccncc2)c2ccccn12. The maximum atomic E-state index is 11.7. The third kappa shape index (κ3) is 1.73. The van der Waals surface area contributed by atoms with Gasteiger partial charge in [0.1, 0.15) is 0 Å². The molecule has 0 aliphatic carbocycles. The van der Waals surface area contributed by atoms with E-state index >= 15 is 0 Å². The second-order valence-corrected chi connectivity index (χ2v) is 3.90. The molecule has 3 aromatic heterocycles. The first kappa shape index (κ1) is 9.84. The first-order chi connectivity index (χ1) is 8.34. The molecule has 0 aliphatic rings. The van der Waals surface area contributed by atoms with Crippen LogP contribution in [0.4, 0.5) is 0 Å². The van der Waals surface area contributed by atoms with Gasteiger partial charge >= 0.3 is 5.69 Å². The molecule has 0 aliphatic heterocycles. The van der Waals surface area contributed by atoms with Crippen molar-refractivity contribution < 1.29 is 0 Å². The van der Waals surface area contributed by atoms with Gasteiger partial charge in [0, 0.05) is 30.7 Å². The second kappa shape index (κ2) is 3.90.